The standard InChI is InChI=1S/C12H9BrN2O2S/c13-8-3-5-9(6-4-8)14-12(17)15-11(16)10-2-1-7-18-10/h1-7H,(H2,14,15,16,17). The smallest absolute Gasteiger partial charge is 0.308 e. The molecule has 6 heteroatoms. The van der Waals surface area contributed by atoms with Crippen LogP contribution in [-0.2, 0) is 0 Å². The fourth-order valence-electron chi connectivity index (χ4n) is 1.27. The van der Waals surface area contributed by atoms with Crippen LogP contribution in [0.1, 0.15) is 9.67 Å². The van der Waals surface area contributed by atoms with E-state index in [0.29, 0.717) is 10.6 Å². The number of halogens is 1. The summed E-state index contributed by atoms with van der Waals surface area (Å²) in [6, 6.07) is 9.95. The predicted molar refractivity (Wildman–Crippen MR) is 74.9 cm³/mol. The van der Waals surface area contributed by atoms with Crippen molar-refractivity contribution in [1.29, 1.82) is 0 Å². The van der Waals surface area contributed by atoms with Crippen LogP contribution < -0.4 is 10.6 Å². The number of nitrogens with one attached hydrogen (secondary N) is 2. The third-order valence-electron chi connectivity index (χ3n) is 2.07. The Morgan fingerprint density at radius 2 is 1.83 bits per heavy atom. The highest BCUT2D eigenvalue weighted by molar-refractivity contribution is 9.10. The van der Waals surface area contributed by atoms with Gasteiger partial charge in [-0.3, -0.25) is 10.1 Å². The first-order valence-corrected chi connectivity index (χ1v) is 6.74. The molecule has 2 rings (SSSR count). The van der Waals surface area contributed by atoms with Gasteiger partial charge in [0.15, 0.2) is 0 Å². The number of amides is 3. The van der Waals surface area contributed by atoms with Gasteiger partial charge >= 0.3 is 6.03 Å². The molecule has 0 bridgehead atoms. The molecule has 0 spiro atoms. The third-order valence-corrected chi connectivity index (χ3v) is 3.47. The molecule has 0 unspecified atom stereocenters. The number of thiophene rings is 1. The van der Waals surface area contributed by atoms with E-state index < -0.39 is 11.9 Å². The van der Waals surface area contributed by atoms with Crippen LogP contribution in [0.25, 0.3) is 0 Å². The van der Waals surface area contributed by atoms with Crippen molar-refractivity contribution in [3.63, 3.8) is 0 Å². The number of hydrogen-bond donors (Lipinski definition) is 2. The van der Waals surface area contributed by atoms with Crippen molar-refractivity contribution in [2.75, 3.05) is 5.32 Å². The van der Waals surface area contributed by atoms with Crippen LogP contribution in [-0.4, -0.2) is 11.9 Å². The van der Waals surface area contributed by atoms with E-state index in [0.717, 1.165) is 4.47 Å². The number of urea groups is 1. The summed E-state index contributed by atoms with van der Waals surface area (Å²) in [6.45, 7) is 0. The number of imide groups is 1. The minimum Gasteiger partial charge on any atom is -0.308 e. The first kappa shape index (κ1) is 12.8. The minimum atomic E-state index is -0.546. The Morgan fingerprint density at radius 1 is 1.11 bits per heavy atom. The zero-order valence-corrected chi connectivity index (χ0v) is 11.5. The highest BCUT2D eigenvalue weighted by Crippen LogP contribution is 2.14. The summed E-state index contributed by atoms with van der Waals surface area (Å²) in [5.74, 6) is -0.403. The minimum absolute atomic E-state index is 0.403. The second kappa shape index (κ2) is 5.79. The molecule has 0 aliphatic rings. The average molecular weight is 325 g/mol. The maximum atomic E-state index is 11.6. The molecule has 0 saturated carbocycles. The van der Waals surface area contributed by atoms with E-state index >= 15 is 0 Å². The van der Waals surface area contributed by atoms with E-state index in [1.807, 2.05) is 0 Å². The molecule has 2 aromatic rings. The zero-order valence-electron chi connectivity index (χ0n) is 9.14. The predicted octanol–water partition coefficient (Wildman–Crippen LogP) is 3.47. The maximum Gasteiger partial charge on any atom is 0.326 e. The molecule has 0 radical (unpaired) electrons. The van der Waals surface area contributed by atoms with Gasteiger partial charge in [-0.15, -0.1) is 11.3 Å². The second-order valence-electron chi connectivity index (χ2n) is 3.39. The lowest BCUT2D eigenvalue weighted by molar-refractivity contribution is 0.0971. The van der Waals surface area contributed by atoms with E-state index in [2.05, 4.69) is 26.6 Å². The van der Waals surface area contributed by atoms with E-state index in [9.17, 15) is 9.59 Å². The second-order valence-corrected chi connectivity index (χ2v) is 5.26. The van der Waals surface area contributed by atoms with Gasteiger partial charge in [0.1, 0.15) is 0 Å². The Kier molecular flexibility index (Phi) is 4.11. The number of anilines is 1. The van der Waals surface area contributed by atoms with Gasteiger partial charge in [-0.2, -0.15) is 0 Å². The molecular formula is C12H9BrN2O2S. The quantitative estimate of drug-likeness (QED) is 0.888. The normalized spacial score (nSPS) is 9.83. The summed E-state index contributed by atoms with van der Waals surface area (Å²) in [6.07, 6.45) is 0. The molecule has 2 N–H and O–H groups in total. The molecule has 0 aliphatic carbocycles. The van der Waals surface area contributed by atoms with Crippen molar-refractivity contribution >= 4 is 44.9 Å². The van der Waals surface area contributed by atoms with Crippen LogP contribution >= 0.6 is 27.3 Å². The van der Waals surface area contributed by atoms with E-state index in [-0.39, 0.29) is 0 Å². The Labute approximate surface area is 116 Å². The molecule has 0 fully saturated rings. The summed E-state index contributed by atoms with van der Waals surface area (Å²) in [4.78, 5) is 23.6. The van der Waals surface area contributed by atoms with Crippen molar-refractivity contribution in [2.24, 2.45) is 0 Å². The van der Waals surface area contributed by atoms with Gasteiger partial charge < -0.3 is 5.32 Å². The van der Waals surface area contributed by atoms with Crippen molar-refractivity contribution < 1.29 is 9.59 Å². The molecule has 18 heavy (non-hydrogen) atoms. The van der Waals surface area contributed by atoms with Crippen LogP contribution in [0.3, 0.4) is 0 Å². The number of carbonyl (C=O) groups is 2. The lowest BCUT2D eigenvalue weighted by atomic mass is 10.3. The topological polar surface area (TPSA) is 58.2 Å². The van der Waals surface area contributed by atoms with Crippen molar-refractivity contribution in [1.82, 2.24) is 5.32 Å². The van der Waals surface area contributed by atoms with Gasteiger partial charge in [0, 0.05) is 10.2 Å². The number of carbonyl (C=O) groups excluding carboxylic acids is 2. The number of rotatable bonds is 2. The fraction of sp³-hybridized carbons (Fsp3) is 0. The molecule has 4 nitrogen and oxygen atoms in total. The first-order chi connectivity index (χ1) is 8.65. The molecule has 1 aromatic carbocycles. The maximum absolute atomic E-state index is 11.6. The summed E-state index contributed by atoms with van der Waals surface area (Å²) in [5.41, 5.74) is 0.620. The molecule has 0 saturated heterocycles. The lowest BCUT2D eigenvalue weighted by Gasteiger charge is -2.05. The molecule has 0 aliphatic heterocycles. The molecule has 92 valence electrons. The Morgan fingerprint density at radius 3 is 2.44 bits per heavy atom. The van der Waals surface area contributed by atoms with Gasteiger partial charge in [0.25, 0.3) is 5.91 Å². The van der Waals surface area contributed by atoms with Gasteiger partial charge in [0.05, 0.1) is 4.88 Å². The van der Waals surface area contributed by atoms with Gasteiger partial charge in [-0.05, 0) is 35.7 Å². The van der Waals surface area contributed by atoms with Crippen molar-refractivity contribution in [3.8, 4) is 0 Å². The Bertz CT molecular complexity index is 552. The van der Waals surface area contributed by atoms with Crippen molar-refractivity contribution in [3.05, 3.63) is 51.1 Å². The first-order valence-electron chi connectivity index (χ1n) is 5.06. The fourth-order valence-corrected chi connectivity index (χ4v) is 2.15. The SMILES string of the molecule is O=C(NC(=O)c1cccs1)Nc1ccc(Br)cc1. The molecule has 1 aromatic heterocycles. The Balaban J connectivity index is 1.93. The monoisotopic (exact) mass is 324 g/mol. The highest BCUT2D eigenvalue weighted by Gasteiger charge is 2.10. The van der Waals surface area contributed by atoms with Crippen LogP contribution in [0.4, 0.5) is 10.5 Å². The van der Waals surface area contributed by atoms with Crippen molar-refractivity contribution in [2.45, 2.75) is 0 Å². The number of hydrogen-bond acceptors (Lipinski definition) is 3. The molecule has 0 atom stereocenters. The largest absolute Gasteiger partial charge is 0.326 e. The third kappa shape index (κ3) is 3.41. The lowest BCUT2D eigenvalue weighted by Crippen LogP contribution is -2.33. The summed E-state index contributed by atoms with van der Waals surface area (Å²) < 4.78 is 0.920. The zero-order chi connectivity index (χ0) is 13.0. The van der Waals surface area contributed by atoms with Gasteiger partial charge in [-0.1, -0.05) is 22.0 Å². The van der Waals surface area contributed by atoms with Crippen LogP contribution in [0, 0.1) is 0 Å². The Hall–Kier alpha value is -1.66. The number of benzene rings is 1. The van der Waals surface area contributed by atoms with E-state index in [1.54, 1.807) is 41.8 Å². The van der Waals surface area contributed by atoms with E-state index in [1.165, 1.54) is 11.3 Å². The van der Waals surface area contributed by atoms with Crippen LogP contribution in [0.2, 0.25) is 0 Å². The van der Waals surface area contributed by atoms with Crippen LogP contribution in [0.5, 0.6) is 0 Å². The summed E-state index contributed by atoms with van der Waals surface area (Å²) in [5, 5.41) is 6.61. The average Bonchev–Trinajstić information content (AvgIpc) is 2.85. The molecular weight excluding hydrogens is 316 g/mol. The van der Waals surface area contributed by atoms with Gasteiger partial charge in [0.2, 0.25) is 0 Å². The highest BCUT2D eigenvalue weighted by atomic mass is 79.9. The summed E-state index contributed by atoms with van der Waals surface area (Å²) in [7, 11) is 0. The molecule has 1 heterocycles. The molecule has 3 amide bonds. The van der Waals surface area contributed by atoms with Gasteiger partial charge in [-0.25, -0.2) is 4.79 Å². The summed E-state index contributed by atoms with van der Waals surface area (Å²) >= 11 is 4.58. The van der Waals surface area contributed by atoms with E-state index in [4.69, 9.17) is 0 Å². The van der Waals surface area contributed by atoms with Crippen LogP contribution in [0.15, 0.2) is 46.3 Å².